The van der Waals surface area contributed by atoms with Gasteiger partial charge >= 0.3 is 5.69 Å². The Bertz CT molecular complexity index is 1770. The molecule has 5 rings (SSSR count). The largest absolute Gasteiger partial charge is 0.381 e. The Kier molecular flexibility index (Phi) is 7.61. The van der Waals surface area contributed by atoms with Crippen LogP contribution in [0.15, 0.2) is 96.6 Å². The van der Waals surface area contributed by atoms with E-state index in [0.717, 1.165) is 16.8 Å². The van der Waals surface area contributed by atoms with E-state index in [2.05, 4.69) is 20.5 Å². The molecular formula is C28H22F3N7O3. The Hall–Kier alpha value is -5.30. The Morgan fingerprint density at radius 3 is 2.44 bits per heavy atom. The van der Waals surface area contributed by atoms with Crippen molar-refractivity contribution >= 4 is 17.7 Å². The topological polar surface area (TPSA) is 120 Å². The average Bonchev–Trinajstić information content (AvgIpc) is 3.57. The minimum Gasteiger partial charge on any atom is -0.381 e. The lowest BCUT2D eigenvalue weighted by Gasteiger charge is -2.28. The second kappa shape index (κ2) is 11.4. The van der Waals surface area contributed by atoms with Gasteiger partial charge in [0.25, 0.3) is 0 Å². The van der Waals surface area contributed by atoms with Crippen molar-refractivity contribution in [1.29, 1.82) is 0 Å². The molecule has 0 fully saturated rings. The van der Waals surface area contributed by atoms with Crippen LogP contribution in [0, 0.1) is 17.5 Å². The predicted octanol–water partition coefficient (Wildman–Crippen LogP) is 3.28. The number of amides is 1. The lowest BCUT2D eigenvalue weighted by Crippen LogP contribution is -2.41. The van der Waals surface area contributed by atoms with Crippen molar-refractivity contribution in [2.45, 2.75) is 18.7 Å². The first-order valence-corrected chi connectivity index (χ1v) is 12.2. The molecule has 0 aliphatic carbocycles. The summed E-state index contributed by atoms with van der Waals surface area (Å²) >= 11 is 0. The molecule has 0 saturated heterocycles. The number of hydrogen-bond donors (Lipinski definition) is 2. The number of nitrogens with one attached hydrogen (secondary N) is 1. The van der Waals surface area contributed by atoms with Crippen LogP contribution in [0.25, 0.3) is 11.8 Å². The summed E-state index contributed by atoms with van der Waals surface area (Å²) in [6.07, 6.45) is 6.51. The van der Waals surface area contributed by atoms with Crippen LogP contribution in [0.1, 0.15) is 11.1 Å². The smallest absolute Gasteiger partial charge is 0.350 e. The predicted molar refractivity (Wildman–Crippen MR) is 142 cm³/mol. The van der Waals surface area contributed by atoms with Crippen molar-refractivity contribution in [3.05, 3.63) is 131 Å². The molecule has 1 atom stereocenters. The molecule has 2 N–H and O–H groups in total. The Balaban J connectivity index is 1.33. The molecule has 3 aromatic carbocycles. The van der Waals surface area contributed by atoms with Gasteiger partial charge in [-0.1, -0.05) is 18.2 Å². The highest BCUT2D eigenvalue weighted by molar-refractivity contribution is 6.01. The molecule has 0 unspecified atom stereocenters. The van der Waals surface area contributed by atoms with Crippen LogP contribution >= 0.6 is 0 Å². The SMILES string of the molecule is O=C(/C=C/c1cccc(F)c1)Nc1ccc(-n2cnn(C[C@@](O)(Cn3cncn3)c3ccc(F)cc3F)c2=O)cc1. The van der Waals surface area contributed by atoms with E-state index in [1.807, 2.05) is 0 Å². The van der Waals surface area contributed by atoms with Gasteiger partial charge in [-0.25, -0.2) is 36.9 Å². The first kappa shape index (κ1) is 27.3. The summed E-state index contributed by atoms with van der Waals surface area (Å²) in [5.41, 5.74) is -1.55. The van der Waals surface area contributed by atoms with E-state index in [4.69, 9.17) is 0 Å². The van der Waals surface area contributed by atoms with E-state index < -0.39 is 41.2 Å². The zero-order chi connectivity index (χ0) is 29.0. The summed E-state index contributed by atoms with van der Waals surface area (Å²) in [5, 5.41) is 22.2. The van der Waals surface area contributed by atoms with Crippen LogP contribution in [-0.2, 0) is 23.5 Å². The summed E-state index contributed by atoms with van der Waals surface area (Å²) in [6.45, 7) is -0.774. The van der Waals surface area contributed by atoms with Gasteiger partial charge in [0, 0.05) is 23.4 Å². The van der Waals surface area contributed by atoms with Gasteiger partial charge in [-0.15, -0.1) is 0 Å². The van der Waals surface area contributed by atoms with Crippen LogP contribution in [0.3, 0.4) is 0 Å². The summed E-state index contributed by atoms with van der Waals surface area (Å²) in [6, 6.07) is 14.8. The maximum atomic E-state index is 14.7. The number of halogens is 3. The molecule has 10 nitrogen and oxygen atoms in total. The van der Waals surface area contributed by atoms with Gasteiger partial charge in [0.05, 0.1) is 18.8 Å². The van der Waals surface area contributed by atoms with E-state index >= 15 is 0 Å². The van der Waals surface area contributed by atoms with E-state index in [0.29, 0.717) is 23.0 Å². The van der Waals surface area contributed by atoms with Gasteiger partial charge in [-0.05, 0) is 54.1 Å². The van der Waals surface area contributed by atoms with Gasteiger partial charge in [-0.2, -0.15) is 10.2 Å². The van der Waals surface area contributed by atoms with Crippen LogP contribution < -0.4 is 11.0 Å². The second-order valence-corrected chi connectivity index (χ2v) is 9.11. The van der Waals surface area contributed by atoms with E-state index in [-0.39, 0.29) is 12.1 Å². The third kappa shape index (κ3) is 6.31. The number of carbonyl (C=O) groups is 1. The molecule has 0 aliphatic rings. The molecule has 0 aliphatic heterocycles. The quantitative estimate of drug-likeness (QED) is 0.267. The summed E-state index contributed by atoms with van der Waals surface area (Å²) in [4.78, 5) is 29.2. The fourth-order valence-electron chi connectivity index (χ4n) is 4.21. The zero-order valence-corrected chi connectivity index (χ0v) is 21.2. The number of nitrogens with zero attached hydrogens (tertiary/aromatic N) is 6. The highest BCUT2D eigenvalue weighted by Crippen LogP contribution is 2.28. The van der Waals surface area contributed by atoms with Gasteiger partial charge in [-0.3, -0.25) is 4.79 Å². The number of benzene rings is 3. The molecule has 41 heavy (non-hydrogen) atoms. The molecule has 13 heteroatoms. The monoisotopic (exact) mass is 561 g/mol. The lowest BCUT2D eigenvalue weighted by atomic mass is 9.93. The third-order valence-electron chi connectivity index (χ3n) is 6.16. The third-order valence-corrected chi connectivity index (χ3v) is 6.16. The van der Waals surface area contributed by atoms with Gasteiger partial charge in [0.15, 0.2) is 0 Å². The van der Waals surface area contributed by atoms with Crippen LogP contribution in [0.4, 0.5) is 18.9 Å². The minimum absolute atomic E-state index is 0.248. The van der Waals surface area contributed by atoms with Crippen LogP contribution in [0.2, 0.25) is 0 Å². The molecule has 2 aromatic heterocycles. The maximum Gasteiger partial charge on any atom is 0.350 e. The number of hydrogen-bond acceptors (Lipinski definition) is 6. The number of rotatable bonds is 9. The lowest BCUT2D eigenvalue weighted by molar-refractivity contribution is -0.111. The molecule has 0 saturated carbocycles. The van der Waals surface area contributed by atoms with Crippen molar-refractivity contribution < 1.29 is 23.1 Å². The van der Waals surface area contributed by atoms with Crippen molar-refractivity contribution in [3.63, 3.8) is 0 Å². The Labute approximate surface area is 230 Å². The number of aliphatic hydroxyl groups is 1. The van der Waals surface area contributed by atoms with Crippen molar-refractivity contribution in [1.82, 2.24) is 29.1 Å². The molecule has 5 aromatic rings. The van der Waals surface area contributed by atoms with Gasteiger partial charge < -0.3 is 10.4 Å². The first-order chi connectivity index (χ1) is 19.7. The highest BCUT2D eigenvalue weighted by atomic mass is 19.1. The van der Waals surface area contributed by atoms with E-state index in [1.54, 1.807) is 30.3 Å². The zero-order valence-electron chi connectivity index (χ0n) is 21.2. The normalized spacial score (nSPS) is 12.9. The van der Waals surface area contributed by atoms with Gasteiger partial charge in [0.1, 0.15) is 42.0 Å². The Morgan fingerprint density at radius 1 is 0.951 bits per heavy atom. The molecule has 2 heterocycles. The fraction of sp³-hybridized carbons (Fsp3) is 0.107. The van der Waals surface area contributed by atoms with E-state index in [1.165, 1.54) is 58.6 Å². The average molecular weight is 562 g/mol. The fourth-order valence-corrected chi connectivity index (χ4v) is 4.21. The van der Waals surface area contributed by atoms with Crippen molar-refractivity contribution in [2.24, 2.45) is 0 Å². The molecule has 0 bridgehead atoms. The molecular weight excluding hydrogens is 539 g/mol. The second-order valence-electron chi connectivity index (χ2n) is 9.11. The number of carbonyl (C=O) groups excluding carboxylic acids is 1. The standard InChI is InChI=1S/C28H22F3N7O3/c29-20-3-1-2-19(12-20)4-11-26(39)35-22-6-8-23(9-7-22)37-18-34-38(27(37)40)15-28(41,14-36-17-32-16-33-36)24-10-5-21(30)13-25(24)31/h1-13,16-18,41H,14-15H2,(H,35,39)/b11-4+/t28-/m0/s1. The van der Waals surface area contributed by atoms with Crippen LogP contribution in [-0.4, -0.2) is 40.1 Å². The Morgan fingerprint density at radius 2 is 1.73 bits per heavy atom. The highest BCUT2D eigenvalue weighted by Gasteiger charge is 2.35. The van der Waals surface area contributed by atoms with E-state index in [9.17, 15) is 27.9 Å². The first-order valence-electron chi connectivity index (χ1n) is 12.2. The molecule has 1 amide bonds. The number of aromatic nitrogens is 6. The van der Waals surface area contributed by atoms with Crippen molar-refractivity contribution in [3.8, 4) is 5.69 Å². The molecule has 0 spiro atoms. The molecule has 0 radical (unpaired) electrons. The summed E-state index contributed by atoms with van der Waals surface area (Å²) < 4.78 is 45.0. The minimum atomic E-state index is -2.04. The molecule has 208 valence electrons. The van der Waals surface area contributed by atoms with Gasteiger partial charge in [0.2, 0.25) is 5.91 Å². The summed E-state index contributed by atoms with van der Waals surface area (Å²) in [7, 11) is 0. The summed E-state index contributed by atoms with van der Waals surface area (Å²) in [5.74, 6) is -2.67. The van der Waals surface area contributed by atoms with Crippen molar-refractivity contribution in [2.75, 3.05) is 5.32 Å². The van der Waals surface area contributed by atoms with Crippen LogP contribution in [0.5, 0.6) is 0 Å². The number of anilines is 1. The maximum absolute atomic E-state index is 14.7.